The molecule has 0 unspecified atom stereocenters. The lowest BCUT2D eigenvalue weighted by Gasteiger charge is -2.28. The molecule has 3 rings (SSSR count). The molecule has 0 fully saturated rings. The molecule has 0 N–H and O–H groups in total. The predicted molar refractivity (Wildman–Crippen MR) is 90.2 cm³/mol. The minimum absolute atomic E-state index is 0.0838. The van der Waals surface area contributed by atoms with E-state index in [0.717, 1.165) is 6.54 Å². The number of amides is 1. The van der Waals surface area contributed by atoms with Gasteiger partial charge < -0.3 is 4.90 Å². The number of fused-ring (bicyclic) bond motifs is 1. The van der Waals surface area contributed by atoms with Gasteiger partial charge in [0.1, 0.15) is 0 Å². The Morgan fingerprint density at radius 2 is 2.21 bits per heavy atom. The molecule has 0 saturated carbocycles. The average molecular weight is 328 g/mol. The summed E-state index contributed by atoms with van der Waals surface area (Å²) in [5, 5.41) is 15.4. The predicted octanol–water partition coefficient (Wildman–Crippen LogP) is 3.04. The Morgan fingerprint density at radius 1 is 1.42 bits per heavy atom. The molecule has 7 nitrogen and oxygen atoms in total. The van der Waals surface area contributed by atoms with Gasteiger partial charge >= 0.3 is 0 Å². The zero-order chi connectivity index (χ0) is 17.3. The SMILES string of the molecule is CC(C)Cn1cc(C(=O)N2CCCc3c2cccc3[N+](=O)[O-])cn1. The molecule has 0 aliphatic carbocycles. The number of carbonyl (C=O) groups excluding carboxylic acids is 1. The maximum atomic E-state index is 12.8. The van der Waals surface area contributed by atoms with Crippen LogP contribution in [-0.2, 0) is 13.0 Å². The summed E-state index contributed by atoms with van der Waals surface area (Å²) in [6.07, 6.45) is 4.64. The van der Waals surface area contributed by atoms with Crippen LogP contribution in [0.2, 0.25) is 0 Å². The van der Waals surface area contributed by atoms with Gasteiger partial charge in [0.15, 0.2) is 0 Å². The monoisotopic (exact) mass is 328 g/mol. The van der Waals surface area contributed by atoms with Gasteiger partial charge in [0, 0.05) is 25.4 Å². The normalized spacial score (nSPS) is 13.9. The van der Waals surface area contributed by atoms with E-state index in [1.807, 2.05) is 0 Å². The van der Waals surface area contributed by atoms with Crippen LogP contribution in [0.4, 0.5) is 11.4 Å². The summed E-state index contributed by atoms with van der Waals surface area (Å²) < 4.78 is 1.76. The molecule has 126 valence electrons. The Hall–Kier alpha value is -2.70. The summed E-state index contributed by atoms with van der Waals surface area (Å²) in [6, 6.07) is 4.90. The summed E-state index contributed by atoms with van der Waals surface area (Å²) in [4.78, 5) is 25.3. The van der Waals surface area contributed by atoms with Crippen molar-refractivity contribution >= 4 is 17.3 Å². The molecule has 7 heteroatoms. The quantitative estimate of drug-likeness (QED) is 0.638. The van der Waals surface area contributed by atoms with E-state index in [4.69, 9.17) is 0 Å². The van der Waals surface area contributed by atoms with Gasteiger partial charge in [0.05, 0.1) is 27.9 Å². The van der Waals surface area contributed by atoms with Crippen molar-refractivity contribution in [3.8, 4) is 0 Å². The van der Waals surface area contributed by atoms with Crippen molar-refractivity contribution in [2.75, 3.05) is 11.4 Å². The second-order valence-electron chi connectivity index (χ2n) is 6.44. The van der Waals surface area contributed by atoms with Crippen molar-refractivity contribution in [2.24, 2.45) is 5.92 Å². The van der Waals surface area contributed by atoms with Crippen LogP contribution in [0.1, 0.15) is 36.2 Å². The fraction of sp³-hybridized carbons (Fsp3) is 0.412. The molecule has 0 saturated heterocycles. The van der Waals surface area contributed by atoms with E-state index in [1.165, 1.54) is 6.07 Å². The first-order valence-corrected chi connectivity index (χ1v) is 8.08. The van der Waals surface area contributed by atoms with Gasteiger partial charge in [-0.3, -0.25) is 19.6 Å². The number of hydrogen-bond donors (Lipinski definition) is 0. The lowest BCUT2D eigenvalue weighted by atomic mass is 9.99. The van der Waals surface area contributed by atoms with E-state index in [9.17, 15) is 14.9 Å². The minimum atomic E-state index is -0.381. The first kappa shape index (κ1) is 16.2. The van der Waals surface area contributed by atoms with Gasteiger partial charge in [0.25, 0.3) is 11.6 Å². The Balaban J connectivity index is 1.92. The zero-order valence-corrected chi connectivity index (χ0v) is 13.8. The molecule has 1 aromatic carbocycles. The fourth-order valence-electron chi connectivity index (χ4n) is 3.09. The molecule has 0 bridgehead atoms. The molecule has 2 aromatic rings. The Kier molecular flexibility index (Phi) is 4.33. The highest BCUT2D eigenvalue weighted by Crippen LogP contribution is 2.34. The number of benzene rings is 1. The highest BCUT2D eigenvalue weighted by molar-refractivity contribution is 6.06. The number of nitrogens with zero attached hydrogens (tertiary/aromatic N) is 4. The zero-order valence-electron chi connectivity index (χ0n) is 13.8. The molecule has 1 aliphatic rings. The van der Waals surface area contributed by atoms with Crippen LogP contribution in [0.5, 0.6) is 0 Å². The van der Waals surface area contributed by atoms with Crippen molar-refractivity contribution in [3.63, 3.8) is 0 Å². The molecule has 1 aliphatic heterocycles. The maximum Gasteiger partial charge on any atom is 0.274 e. The fourth-order valence-corrected chi connectivity index (χ4v) is 3.09. The first-order valence-electron chi connectivity index (χ1n) is 8.08. The molecular weight excluding hydrogens is 308 g/mol. The number of aromatic nitrogens is 2. The van der Waals surface area contributed by atoms with Crippen molar-refractivity contribution in [2.45, 2.75) is 33.2 Å². The van der Waals surface area contributed by atoms with Crippen molar-refractivity contribution < 1.29 is 9.72 Å². The third kappa shape index (κ3) is 3.02. The van der Waals surface area contributed by atoms with E-state index in [-0.39, 0.29) is 16.5 Å². The Labute approximate surface area is 140 Å². The van der Waals surface area contributed by atoms with Gasteiger partial charge in [-0.05, 0) is 24.8 Å². The standard InChI is InChI=1S/C17H20N4O3/c1-12(2)10-19-11-13(9-18-19)17(22)20-8-4-5-14-15(20)6-3-7-16(14)21(23)24/h3,6-7,9,11-12H,4-5,8,10H2,1-2H3. The number of carbonyl (C=O) groups is 1. The highest BCUT2D eigenvalue weighted by atomic mass is 16.6. The second-order valence-corrected chi connectivity index (χ2v) is 6.44. The largest absolute Gasteiger partial charge is 0.308 e. The van der Waals surface area contributed by atoms with Crippen LogP contribution < -0.4 is 4.90 Å². The third-order valence-electron chi connectivity index (χ3n) is 4.10. The molecule has 2 heterocycles. The van der Waals surface area contributed by atoms with Crippen molar-refractivity contribution in [1.82, 2.24) is 9.78 Å². The minimum Gasteiger partial charge on any atom is -0.308 e. The van der Waals surface area contributed by atoms with Crippen molar-refractivity contribution in [3.05, 3.63) is 51.8 Å². The smallest absolute Gasteiger partial charge is 0.274 e. The summed E-state index contributed by atoms with van der Waals surface area (Å²) in [5.74, 6) is 0.276. The van der Waals surface area contributed by atoms with Gasteiger partial charge in [-0.25, -0.2) is 0 Å². The lowest BCUT2D eigenvalue weighted by Crippen LogP contribution is -2.35. The number of nitro benzene ring substituents is 1. The van der Waals surface area contributed by atoms with Crippen LogP contribution >= 0.6 is 0 Å². The molecule has 1 amide bonds. The maximum absolute atomic E-state index is 12.8. The first-order chi connectivity index (χ1) is 11.5. The number of anilines is 1. The van der Waals surface area contributed by atoms with Crippen molar-refractivity contribution in [1.29, 1.82) is 0 Å². The summed E-state index contributed by atoms with van der Waals surface area (Å²) in [5.41, 5.74) is 1.87. The second kappa shape index (κ2) is 6.43. The molecule has 0 radical (unpaired) electrons. The van der Waals surface area contributed by atoms with Crippen LogP contribution in [0.15, 0.2) is 30.6 Å². The number of nitro groups is 1. The van der Waals surface area contributed by atoms with E-state index < -0.39 is 0 Å². The molecular formula is C17H20N4O3. The Bertz CT molecular complexity index is 782. The summed E-state index contributed by atoms with van der Waals surface area (Å²) in [6.45, 7) is 5.48. The van der Waals surface area contributed by atoms with Gasteiger partial charge in [-0.2, -0.15) is 5.10 Å². The molecule has 1 aromatic heterocycles. The van der Waals surface area contributed by atoms with Crippen LogP contribution in [0.25, 0.3) is 0 Å². The number of rotatable bonds is 4. The topological polar surface area (TPSA) is 81.3 Å². The summed E-state index contributed by atoms with van der Waals surface area (Å²) >= 11 is 0. The van der Waals surface area contributed by atoms with Gasteiger partial charge in [-0.15, -0.1) is 0 Å². The van der Waals surface area contributed by atoms with E-state index in [0.29, 0.717) is 42.1 Å². The summed E-state index contributed by atoms with van der Waals surface area (Å²) in [7, 11) is 0. The number of hydrogen-bond acceptors (Lipinski definition) is 4. The van der Waals surface area contributed by atoms with Gasteiger partial charge in [0.2, 0.25) is 0 Å². The van der Waals surface area contributed by atoms with E-state index in [2.05, 4.69) is 18.9 Å². The molecule has 0 atom stereocenters. The average Bonchev–Trinajstić information content (AvgIpc) is 3.00. The third-order valence-corrected chi connectivity index (χ3v) is 4.10. The molecule has 0 spiro atoms. The van der Waals surface area contributed by atoms with E-state index in [1.54, 1.807) is 34.1 Å². The van der Waals surface area contributed by atoms with Gasteiger partial charge in [-0.1, -0.05) is 19.9 Å². The van der Waals surface area contributed by atoms with Crippen LogP contribution in [0.3, 0.4) is 0 Å². The molecule has 24 heavy (non-hydrogen) atoms. The van der Waals surface area contributed by atoms with E-state index >= 15 is 0 Å². The Morgan fingerprint density at radius 3 is 2.92 bits per heavy atom. The lowest BCUT2D eigenvalue weighted by molar-refractivity contribution is -0.385. The van der Waals surface area contributed by atoms with Crippen LogP contribution in [-0.4, -0.2) is 27.2 Å². The van der Waals surface area contributed by atoms with Crippen LogP contribution in [0, 0.1) is 16.0 Å². The highest BCUT2D eigenvalue weighted by Gasteiger charge is 2.29.